The van der Waals surface area contributed by atoms with Gasteiger partial charge in [0.25, 0.3) is 5.91 Å². The van der Waals surface area contributed by atoms with Gasteiger partial charge >= 0.3 is 6.03 Å². The van der Waals surface area contributed by atoms with E-state index in [1.165, 1.54) is 29.2 Å². The zero-order valence-electron chi connectivity index (χ0n) is 29.9. The van der Waals surface area contributed by atoms with Gasteiger partial charge in [-0.2, -0.15) is 5.26 Å². The highest BCUT2D eigenvalue weighted by molar-refractivity contribution is 7.89. The third-order valence-corrected chi connectivity index (χ3v) is 11.9. The average Bonchev–Trinajstić information content (AvgIpc) is 3.16. The number of rotatable bonds is 10. The topological polar surface area (TPSA) is 140 Å². The van der Waals surface area contributed by atoms with E-state index in [0.29, 0.717) is 63.0 Å². The summed E-state index contributed by atoms with van der Waals surface area (Å²) in [5, 5.41) is 17.0. The fourth-order valence-corrected chi connectivity index (χ4v) is 8.42. The summed E-state index contributed by atoms with van der Waals surface area (Å²) in [6.07, 6.45) is 2.84. The SMILES string of the molecule is N#Cc1ccc(CNC(=O)N(c2cccc(F)c2)C2CCN(CCC3(c4cccc(F)c4)CCN(C(=O)c4cc(S(N)(=O)=O)c(F)cc4Cl)CC3)CC2)cc1. The number of anilines is 1. The minimum Gasteiger partial charge on any atom is -0.339 e. The number of hydrogen-bond donors (Lipinski definition) is 2. The van der Waals surface area contributed by atoms with Gasteiger partial charge in [0.2, 0.25) is 10.0 Å². The van der Waals surface area contributed by atoms with Crippen LogP contribution in [0.25, 0.3) is 0 Å². The predicted octanol–water partition coefficient (Wildman–Crippen LogP) is 6.72. The van der Waals surface area contributed by atoms with E-state index in [9.17, 15) is 31.2 Å². The molecule has 2 aliphatic heterocycles. The van der Waals surface area contributed by atoms with E-state index in [1.54, 1.807) is 47.4 Å². The Balaban J connectivity index is 1.13. The van der Waals surface area contributed by atoms with E-state index < -0.39 is 37.9 Å². The molecule has 0 aliphatic carbocycles. The number of piperidine rings is 2. The van der Waals surface area contributed by atoms with Crippen LogP contribution in [-0.2, 0) is 22.0 Å². The molecule has 2 aliphatic rings. The molecule has 0 spiro atoms. The molecule has 0 unspecified atom stereocenters. The zero-order chi connectivity index (χ0) is 39.3. The highest BCUT2D eigenvalue weighted by atomic mass is 35.5. The lowest BCUT2D eigenvalue weighted by Gasteiger charge is -2.44. The highest BCUT2D eigenvalue weighted by Gasteiger charge is 2.39. The van der Waals surface area contributed by atoms with Gasteiger partial charge in [0, 0.05) is 44.5 Å². The number of hydrogen-bond acceptors (Lipinski definition) is 6. The molecule has 2 fully saturated rings. The van der Waals surface area contributed by atoms with Crippen LogP contribution in [0.4, 0.5) is 23.7 Å². The van der Waals surface area contributed by atoms with E-state index in [4.69, 9.17) is 22.0 Å². The van der Waals surface area contributed by atoms with Crippen LogP contribution in [0.1, 0.15) is 59.2 Å². The second-order valence-corrected chi connectivity index (χ2v) is 16.0. The molecule has 2 saturated heterocycles. The summed E-state index contributed by atoms with van der Waals surface area (Å²) in [6.45, 7) is 2.71. The normalized spacial score (nSPS) is 16.3. The summed E-state index contributed by atoms with van der Waals surface area (Å²) in [6, 6.07) is 22.4. The Morgan fingerprint density at radius 1 is 0.927 bits per heavy atom. The molecule has 6 rings (SSSR count). The number of nitrogens with zero attached hydrogens (tertiary/aromatic N) is 4. The number of urea groups is 1. The van der Waals surface area contributed by atoms with Crippen molar-refractivity contribution in [3.05, 3.63) is 130 Å². The van der Waals surface area contributed by atoms with Gasteiger partial charge in [0.15, 0.2) is 0 Å². The zero-order valence-corrected chi connectivity index (χ0v) is 31.4. The Hall–Kier alpha value is -4.94. The van der Waals surface area contributed by atoms with Crippen LogP contribution in [0.2, 0.25) is 5.02 Å². The van der Waals surface area contributed by atoms with Crippen molar-refractivity contribution in [2.45, 2.75) is 55.0 Å². The molecule has 55 heavy (non-hydrogen) atoms. The maximum atomic E-state index is 14.6. The number of amides is 3. The van der Waals surface area contributed by atoms with Crippen LogP contribution < -0.4 is 15.4 Å². The molecular formula is C40H40ClF3N6O4S. The van der Waals surface area contributed by atoms with Crippen molar-refractivity contribution in [2.24, 2.45) is 5.14 Å². The monoisotopic (exact) mass is 792 g/mol. The van der Waals surface area contributed by atoms with Gasteiger partial charge in [-0.1, -0.05) is 41.9 Å². The highest BCUT2D eigenvalue weighted by Crippen LogP contribution is 2.40. The van der Waals surface area contributed by atoms with Crippen LogP contribution in [0.5, 0.6) is 0 Å². The van der Waals surface area contributed by atoms with Gasteiger partial charge in [-0.15, -0.1) is 0 Å². The molecule has 2 heterocycles. The summed E-state index contributed by atoms with van der Waals surface area (Å²) in [4.78, 5) is 31.8. The van der Waals surface area contributed by atoms with E-state index in [2.05, 4.69) is 16.3 Å². The maximum Gasteiger partial charge on any atom is 0.322 e. The first kappa shape index (κ1) is 39.7. The fraction of sp³-hybridized carbons (Fsp3) is 0.325. The molecule has 3 amide bonds. The third-order valence-electron chi connectivity index (χ3n) is 10.7. The van der Waals surface area contributed by atoms with Crippen molar-refractivity contribution in [1.82, 2.24) is 15.1 Å². The molecule has 0 aromatic heterocycles. The standard InChI is InChI=1S/C40H40ClF3N6O4S/c41-35-24-36(44)37(55(46,53)54)23-34(35)38(51)49-19-14-40(15-20-49,29-3-1-4-30(42)21-29)13-18-48-16-11-32(12-17-48)50(33-6-2-5-31(43)22-33)39(52)47-26-28-9-7-27(25-45)8-10-28/h1-10,21-24,32H,11-20,26H2,(H,47,52)(H2,46,53,54). The van der Waals surface area contributed by atoms with Gasteiger partial charge in [0.1, 0.15) is 22.3 Å². The lowest BCUT2D eigenvalue weighted by Crippen LogP contribution is -2.51. The van der Waals surface area contributed by atoms with Gasteiger partial charge < -0.3 is 15.1 Å². The number of likely N-dealkylation sites (tertiary alicyclic amines) is 2. The lowest BCUT2D eigenvalue weighted by atomic mass is 9.70. The second-order valence-electron chi connectivity index (χ2n) is 14.0. The van der Waals surface area contributed by atoms with Crippen LogP contribution in [0, 0.1) is 28.8 Å². The van der Waals surface area contributed by atoms with Gasteiger partial charge in [-0.25, -0.2) is 31.5 Å². The minimum atomic E-state index is -4.45. The van der Waals surface area contributed by atoms with Crippen molar-refractivity contribution in [3.63, 3.8) is 0 Å². The number of nitrogens with two attached hydrogens (primary N) is 1. The van der Waals surface area contributed by atoms with Gasteiger partial charge in [-0.05, 0) is 110 Å². The molecule has 4 aromatic carbocycles. The summed E-state index contributed by atoms with van der Waals surface area (Å²) < 4.78 is 67.2. The van der Waals surface area contributed by atoms with Crippen molar-refractivity contribution in [1.29, 1.82) is 5.26 Å². The minimum absolute atomic E-state index is 0.177. The van der Waals surface area contributed by atoms with E-state index in [0.717, 1.165) is 23.3 Å². The largest absolute Gasteiger partial charge is 0.339 e. The molecular weight excluding hydrogens is 753 g/mol. The number of benzene rings is 4. The van der Waals surface area contributed by atoms with Crippen molar-refractivity contribution in [3.8, 4) is 6.07 Å². The number of halogens is 4. The summed E-state index contributed by atoms with van der Waals surface area (Å²) >= 11 is 6.19. The number of nitrogens with one attached hydrogen (secondary N) is 1. The molecule has 0 saturated carbocycles. The number of sulfonamides is 1. The van der Waals surface area contributed by atoms with E-state index in [-0.39, 0.29) is 48.1 Å². The Morgan fingerprint density at radius 2 is 1.58 bits per heavy atom. The molecule has 288 valence electrons. The smallest absolute Gasteiger partial charge is 0.322 e. The molecule has 0 bridgehead atoms. The molecule has 0 radical (unpaired) electrons. The first-order valence-corrected chi connectivity index (χ1v) is 19.8. The van der Waals surface area contributed by atoms with Crippen molar-refractivity contribution in [2.75, 3.05) is 37.6 Å². The number of carbonyl (C=O) groups excluding carboxylic acids is 2. The third kappa shape index (κ3) is 9.30. The molecule has 10 nitrogen and oxygen atoms in total. The van der Waals surface area contributed by atoms with Crippen LogP contribution in [0.15, 0.2) is 89.8 Å². The van der Waals surface area contributed by atoms with Crippen LogP contribution in [0.3, 0.4) is 0 Å². The number of nitriles is 1. The van der Waals surface area contributed by atoms with E-state index >= 15 is 0 Å². The van der Waals surface area contributed by atoms with Crippen LogP contribution >= 0.6 is 11.6 Å². The van der Waals surface area contributed by atoms with Crippen molar-refractivity contribution < 1.29 is 31.2 Å². The van der Waals surface area contributed by atoms with E-state index in [1.807, 2.05) is 6.07 Å². The Labute approximate surface area is 323 Å². The van der Waals surface area contributed by atoms with Gasteiger partial charge in [-0.3, -0.25) is 9.69 Å². The Morgan fingerprint density at radius 3 is 2.20 bits per heavy atom. The first-order chi connectivity index (χ1) is 26.3. The van der Waals surface area contributed by atoms with Crippen LogP contribution in [-0.4, -0.2) is 68.9 Å². The summed E-state index contributed by atoms with van der Waals surface area (Å²) in [5.41, 5.74) is 1.92. The molecule has 4 aromatic rings. The maximum absolute atomic E-state index is 14.6. The predicted molar refractivity (Wildman–Crippen MR) is 202 cm³/mol. The Kier molecular flexibility index (Phi) is 12.2. The number of carbonyl (C=O) groups is 2. The molecule has 3 N–H and O–H groups in total. The summed E-state index contributed by atoms with van der Waals surface area (Å²) in [5.74, 6) is -2.54. The summed E-state index contributed by atoms with van der Waals surface area (Å²) in [7, 11) is -4.45. The number of primary sulfonamides is 1. The Bertz CT molecular complexity index is 2200. The first-order valence-electron chi connectivity index (χ1n) is 17.9. The average molecular weight is 793 g/mol. The molecule has 0 atom stereocenters. The fourth-order valence-electron chi connectivity index (χ4n) is 7.57. The quantitative estimate of drug-likeness (QED) is 0.183. The lowest BCUT2D eigenvalue weighted by molar-refractivity contribution is 0.0644. The van der Waals surface area contributed by atoms with Gasteiger partial charge in [0.05, 0.1) is 22.2 Å². The second kappa shape index (κ2) is 16.8. The molecule has 15 heteroatoms. The van der Waals surface area contributed by atoms with Crippen molar-refractivity contribution >= 4 is 39.2 Å².